The molecular weight excluding hydrogens is 208 g/mol. The van der Waals surface area contributed by atoms with Crippen LogP contribution in [0.5, 0.6) is 0 Å². The lowest BCUT2D eigenvalue weighted by Crippen LogP contribution is -2.00. The van der Waals surface area contributed by atoms with E-state index < -0.39 is 0 Å². The predicted molar refractivity (Wildman–Crippen MR) is 62.9 cm³/mol. The number of benzene rings is 1. The number of aryl methyl sites for hydroxylation is 1. The Morgan fingerprint density at radius 1 is 1.27 bits per heavy atom. The number of hydrogen-bond acceptors (Lipinski definition) is 1. The quantitative estimate of drug-likeness (QED) is 0.726. The van der Waals surface area contributed by atoms with Crippen molar-refractivity contribution in [3.05, 3.63) is 42.1 Å². The monoisotopic (exact) mass is 220 g/mol. The van der Waals surface area contributed by atoms with Gasteiger partial charge in [0, 0.05) is 12.1 Å². The second-order valence-electron chi connectivity index (χ2n) is 3.34. The van der Waals surface area contributed by atoms with Gasteiger partial charge in [-0.1, -0.05) is 30.3 Å². The van der Waals surface area contributed by atoms with Crippen LogP contribution in [0.15, 0.2) is 36.4 Å². The Balaban J connectivity index is 2.42. The van der Waals surface area contributed by atoms with Crippen LogP contribution in [-0.4, -0.2) is 9.78 Å². The highest BCUT2D eigenvalue weighted by Crippen LogP contribution is 2.19. The van der Waals surface area contributed by atoms with Gasteiger partial charge in [-0.05, 0) is 13.0 Å². The first-order valence-corrected chi connectivity index (χ1v) is 5.56. The van der Waals surface area contributed by atoms with E-state index in [9.17, 15) is 0 Å². The van der Waals surface area contributed by atoms with E-state index in [-0.39, 0.29) is 0 Å². The lowest BCUT2D eigenvalue weighted by molar-refractivity contribution is 0.638. The molecule has 2 aromatic rings. The second kappa shape index (κ2) is 4.49. The van der Waals surface area contributed by atoms with Gasteiger partial charge in [0.1, 0.15) is 0 Å². The molecule has 0 aliphatic carbocycles. The Hall–Kier alpha value is -1.28. The Morgan fingerprint density at radius 3 is 2.53 bits per heavy atom. The molecule has 0 unspecified atom stereocenters. The number of hydrogen-bond donors (Lipinski definition) is 0. The highest BCUT2D eigenvalue weighted by atomic mass is 35.5. The summed E-state index contributed by atoms with van der Waals surface area (Å²) in [5, 5.41) is 4.50. The molecular formula is C12H13ClN2. The molecule has 0 atom stereocenters. The van der Waals surface area contributed by atoms with Crippen LogP contribution in [0, 0.1) is 0 Å². The molecule has 2 nitrogen and oxygen atoms in total. The third-order valence-corrected chi connectivity index (χ3v) is 2.64. The number of aromatic nitrogens is 2. The van der Waals surface area contributed by atoms with Crippen molar-refractivity contribution in [2.75, 3.05) is 0 Å². The van der Waals surface area contributed by atoms with Crippen LogP contribution in [-0.2, 0) is 12.4 Å². The van der Waals surface area contributed by atoms with Crippen molar-refractivity contribution < 1.29 is 0 Å². The molecule has 78 valence electrons. The lowest BCUT2D eigenvalue weighted by atomic mass is 10.1. The molecule has 2 rings (SSSR count). The Labute approximate surface area is 94.5 Å². The van der Waals surface area contributed by atoms with Gasteiger partial charge in [-0.15, -0.1) is 11.6 Å². The minimum absolute atomic E-state index is 0.508. The van der Waals surface area contributed by atoms with Gasteiger partial charge in [-0.3, -0.25) is 4.68 Å². The predicted octanol–water partition coefficient (Wildman–Crippen LogP) is 3.31. The zero-order valence-corrected chi connectivity index (χ0v) is 9.41. The van der Waals surface area contributed by atoms with Gasteiger partial charge in [-0.2, -0.15) is 5.10 Å². The van der Waals surface area contributed by atoms with Crippen LogP contribution < -0.4 is 0 Å². The summed E-state index contributed by atoms with van der Waals surface area (Å²) in [6.45, 7) is 2.92. The molecule has 0 amide bonds. The summed E-state index contributed by atoms with van der Waals surface area (Å²) in [6.07, 6.45) is 0. The fraction of sp³-hybridized carbons (Fsp3) is 0.250. The topological polar surface area (TPSA) is 17.8 Å². The van der Waals surface area contributed by atoms with Gasteiger partial charge in [0.25, 0.3) is 0 Å². The highest BCUT2D eigenvalue weighted by Gasteiger charge is 2.06. The number of nitrogens with zero attached hydrogens (tertiary/aromatic N) is 2. The Kier molecular flexibility index (Phi) is 3.07. The molecule has 0 radical (unpaired) electrons. The van der Waals surface area contributed by atoms with Crippen LogP contribution in [0.4, 0.5) is 0 Å². The molecule has 0 bridgehead atoms. The maximum atomic E-state index is 5.85. The third kappa shape index (κ3) is 2.05. The molecule has 1 heterocycles. The fourth-order valence-corrected chi connectivity index (χ4v) is 1.80. The summed E-state index contributed by atoms with van der Waals surface area (Å²) in [4.78, 5) is 0. The number of halogens is 1. The fourth-order valence-electron chi connectivity index (χ4n) is 1.59. The summed E-state index contributed by atoms with van der Waals surface area (Å²) in [7, 11) is 0. The van der Waals surface area contributed by atoms with E-state index in [0.29, 0.717) is 5.88 Å². The molecule has 0 saturated heterocycles. The summed E-state index contributed by atoms with van der Waals surface area (Å²) in [5.41, 5.74) is 3.20. The third-order valence-electron chi connectivity index (χ3n) is 2.37. The van der Waals surface area contributed by atoms with E-state index in [0.717, 1.165) is 23.5 Å². The maximum absolute atomic E-state index is 5.85. The Morgan fingerprint density at radius 2 is 2.00 bits per heavy atom. The second-order valence-corrected chi connectivity index (χ2v) is 3.60. The standard InChI is InChI=1S/C12H13ClN2/c1-2-15-11(9-13)8-12(14-15)10-6-4-3-5-7-10/h3-8H,2,9H2,1H3. The van der Waals surface area contributed by atoms with Crippen molar-refractivity contribution in [2.45, 2.75) is 19.3 Å². The van der Waals surface area contributed by atoms with E-state index in [1.807, 2.05) is 28.9 Å². The average molecular weight is 221 g/mol. The summed E-state index contributed by atoms with van der Waals surface area (Å²) in [5.74, 6) is 0.508. The van der Waals surface area contributed by atoms with Gasteiger partial charge < -0.3 is 0 Å². The van der Waals surface area contributed by atoms with Gasteiger partial charge in [0.2, 0.25) is 0 Å². The molecule has 0 aliphatic rings. The molecule has 0 saturated carbocycles. The largest absolute Gasteiger partial charge is 0.268 e. The molecule has 1 aromatic heterocycles. The van der Waals surface area contributed by atoms with Crippen LogP contribution in [0.1, 0.15) is 12.6 Å². The zero-order valence-electron chi connectivity index (χ0n) is 8.65. The lowest BCUT2D eigenvalue weighted by Gasteiger charge is -1.98. The molecule has 0 fully saturated rings. The van der Waals surface area contributed by atoms with Gasteiger partial charge in [0.15, 0.2) is 0 Å². The van der Waals surface area contributed by atoms with Gasteiger partial charge in [-0.25, -0.2) is 0 Å². The number of alkyl halides is 1. The first-order chi connectivity index (χ1) is 7.35. The van der Waals surface area contributed by atoms with Gasteiger partial charge in [0.05, 0.1) is 17.3 Å². The first kappa shape index (κ1) is 10.2. The molecule has 15 heavy (non-hydrogen) atoms. The van der Waals surface area contributed by atoms with E-state index in [1.165, 1.54) is 0 Å². The average Bonchev–Trinajstić information content (AvgIpc) is 2.73. The molecule has 1 aromatic carbocycles. The Bertz CT molecular complexity index is 413. The van der Waals surface area contributed by atoms with Gasteiger partial charge >= 0.3 is 0 Å². The summed E-state index contributed by atoms with van der Waals surface area (Å²) in [6, 6.07) is 12.2. The SMILES string of the molecule is CCn1nc(-c2ccccc2)cc1CCl. The summed E-state index contributed by atoms with van der Waals surface area (Å²) < 4.78 is 1.94. The molecule has 0 aliphatic heterocycles. The van der Waals surface area contributed by atoms with E-state index in [4.69, 9.17) is 11.6 Å². The van der Waals surface area contributed by atoms with Crippen molar-refractivity contribution in [3.63, 3.8) is 0 Å². The van der Waals surface area contributed by atoms with Crippen LogP contribution in [0.25, 0.3) is 11.3 Å². The van der Waals surface area contributed by atoms with Crippen LogP contribution in [0.2, 0.25) is 0 Å². The normalized spacial score (nSPS) is 10.5. The van der Waals surface area contributed by atoms with E-state index >= 15 is 0 Å². The van der Waals surface area contributed by atoms with E-state index in [2.05, 4.69) is 24.2 Å². The van der Waals surface area contributed by atoms with E-state index in [1.54, 1.807) is 0 Å². The maximum Gasteiger partial charge on any atom is 0.0926 e. The summed E-state index contributed by atoms with van der Waals surface area (Å²) >= 11 is 5.85. The molecule has 0 spiro atoms. The molecule has 0 N–H and O–H groups in total. The minimum atomic E-state index is 0.508. The van der Waals surface area contributed by atoms with Crippen LogP contribution >= 0.6 is 11.6 Å². The van der Waals surface area contributed by atoms with Crippen molar-refractivity contribution in [3.8, 4) is 11.3 Å². The van der Waals surface area contributed by atoms with Crippen molar-refractivity contribution in [2.24, 2.45) is 0 Å². The van der Waals surface area contributed by atoms with Crippen molar-refractivity contribution >= 4 is 11.6 Å². The minimum Gasteiger partial charge on any atom is -0.268 e. The smallest absolute Gasteiger partial charge is 0.0926 e. The molecule has 3 heteroatoms. The van der Waals surface area contributed by atoms with Crippen molar-refractivity contribution in [1.82, 2.24) is 9.78 Å². The zero-order chi connectivity index (χ0) is 10.7. The first-order valence-electron chi connectivity index (χ1n) is 5.03. The number of rotatable bonds is 3. The van der Waals surface area contributed by atoms with Crippen LogP contribution in [0.3, 0.4) is 0 Å². The highest BCUT2D eigenvalue weighted by molar-refractivity contribution is 6.16. The van der Waals surface area contributed by atoms with Crippen molar-refractivity contribution in [1.29, 1.82) is 0 Å².